The third kappa shape index (κ3) is 6.89. The minimum atomic E-state index is -0.480. The van der Waals surface area contributed by atoms with E-state index < -0.39 is 11.2 Å². The molecule has 0 saturated carbocycles. The van der Waals surface area contributed by atoms with Crippen molar-refractivity contribution in [2.75, 3.05) is 26.2 Å². The predicted molar refractivity (Wildman–Crippen MR) is 106 cm³/mol. The van der Waals surface area contributed by atoms with Gasteiger partial charge >= 0.3 is 12.2 Å². The molecule has 2 saturated heterocycles. The third-order valence-electron chi connectivity index (χ3n) is 5.89. The lowest BCUT2D eigenvalue weighted by atomic mass is 9.94. The Balaban J connectivity index is 1.74. The van der Waals surface area contributed by atoms with Crippen LogP contribution in [0.15, 0.2) is 0 Å². The van der Waals surface area contributed by atoms with Crippen molar-refractivity contribution < 1.29 is 19.1 Å². The summed E-state index contributed by atoms with van der Waals surface area (Å²) in [5.74, 6) is 0.440. The van der Waals surface area contributed by atoms with Gasteiger partial charge in [0, 0.05) is 26.2 Å². The standard InChI is InChI=1S/C21H38N2O4/c1-6-20(2,3)26-19(25)23-15-11-17(16-23)10-12-21(4,5)27-18(24)22-13-8-7-9-14-22/h17H,6-16H2,1-5H3. The van der Waals surface area contributed by atoms with E-state index >= 15 is 0 Å². The average Bonchev–Trinajstić information content (AvgIpc) is 3.09. The molecule has 0 aromatic carbocycles. The Kier molecular flexibility index (Phi) is 7.40. The van der Waals surface area contributed by atoms with Crippen molar-refractivity contribution in [1.82, 2.24) is 9.80 Å². The maximum absolute atomic E-state index is 12.3. The van der Waals surface area contributed by atoms with Gasteiger partial charge in [-0.1, -0.05) is 6.92 Å². The highest BCUT2D eigenvalue weighted by Gasteiger charge is 2.33. The molecule has 0 spiro atoms. The Hall–Kier alpha value is -1.46. The number of likely N-dealkylation sites (tertiary alicyclic amines) is 2. The number of hydrogen-bond donors (Lipinski definition) is 0. The summed E-state index contributed by atoms with van der Waals surface area (Å²) in [5.41, 5.74) is -0.896. The molecule has 6 heteroatoms. The van der Waals surface area contributed by atoms with Gasteiger partial charge in [-0.05, 0) is 78.6 Å². The van der Waals surface area contributed by atoms with Crippen LogP contribution in [0.3, 0.4) is 0 Å². The second-order valence-electron chi connectivity index (χ2n) is 9.30. The number of carbonyl (C=O) groups excluding carboxylic acids is 2. The van der Waals surface area contributed by atoms with E-state index in [1.54, 1.807) is 0 Å². The fourth-order valence-electron chi connectivity index (χ4n) is 3.59. The predicted octanol–water partition coefficient (Wildman–Crippen LogP) is 4.81. The van der Waals surface area contributed by atoms with Crippen LogP contribution < -0.4 is 0 Å². The van der Waals surface area contributed by atoms with Gasteiger partial charge in [0.25, 0.3) is 0 Å². The summed E-state index contributed by atoms with van der Waals surface area (Å²) < 4.78 is 11.4. The second-order valence-corrected chi connectivity index (χ2v) is 9.30. The van der Waals surface area contributed by atoms with Crippen LogP contribution in [0.5, 0.6) is 0 Å². The minimum Gasteiger partial charge on any atom is -0.443 e. The van der Waals surface area contributed by atoms with Crippen molar-refractivity contribution in [2.24, 2.45) is 5.92 Å². The van der Waals surface area contributed by atoms with Crippen molar-refractivity contribution in [3.05, 3.63) is 0 Å². The molecule has 2 fully saturated rings. The Morgan fingerprint density at radius 2 is 1.48 bits per heavy atom. The smallest absolute Gasteiger partial charge is 0.410 e. The fraction of sp³-hybridized carbons (Fsp3) is 0.905. The summed E-state index contributed by atoms with van der Waals surface area (Å²) in [6.45, 7) is 13.0. The molecule has 6 nitrogen and oxygen atoms in total. The van der Waals surface area contributed by atoms with Crippen molar-refractivity contribution in [1.29, 1.82) is 0 Å². The van der Waals surface area contributed by atoms with Gasteiger partial charge in [-0.3, -0.25) is 0 Å². The fourth-order valence-corrected chi connectivity index (χ4v) is 3.59. The topological polar surface area (TPSA) is 59.1 Å². The normalized spacial score (nSPS) is 21.3. The second kappa shape index (κ2) is 9.16. The first-order valence-corrected chi connectivity index (χ1v) is 10.6. The zero-order valence-corrected chi connectivity index (χ0v) is 17.9. The summed E-state index contributed by atoms with van der Waals surface area (Å²) in [6, 6.07) is 0. The van der Waals surface area contributed by atoms with E-state index in [9.17, 15) is 9.59 Å². The molecule has 2 aliphatic heterocycles. The lowest BCUT2D eigenvalue weighted by molar-refractivity contribution is 0.00204. The summed E-state index contributed by atoms with van der Waals surface area (Å²) in [7, 11) is 0. The van der Waals surface area contributed by atoms with E-state index in [1.165, 1.54) is 6.42 Å². The molecule has 2 amide bonds. The van der Waals surface area contributed by atoms with Crippen molar-refractivity contribution in [3.63, 3.8) is 0 Å². The van der Waals surface area contributed by atoms with Crippen LogP contribution in [0.1, 0.15) is 79.6 Å². The molecule has 0 radical (unpaired) electrons. The highest BCUT2D eigenvalue weighted by molar-refractivity contribution is 5.68. The van der Waals surface area contributed by atoms with E-state index in [0.29, 0.717) is 5.92 Å². The first-order chi connectivity index (χ1) is 12.6. The van der Waals surface area contributed by atoms with E-state index in [0.717, 1.165) is 64.7 Å². The number of rotatable bonds is 6. The van der Waals surface area contributed by atoms with Gasteiger partial charge in [-0.25, -0.2) is 9.59 Å². The van der Waals surface area contributed by atoms with Crippen molar-refractivity contribution >= 4 is 12.2 Å². The highest BCUT2D eigenvalue weighted by Crippen LogP contribution is 2.28. The van der Waals surface area contributed by atoms with Gasteiger partial charge in [0.15, 0.2) is 0 Å². The summed E-state index contributed by atoms with van der Waals surface area (Å²) in [6.07, 6.45) is 6.48. The number of piperidine rings is 1. The maximum Gasteiger partial charge on any atom is 0.410 e. The number of nitrogens with zero attached hydrogens (tertiary/aromatic N) is 2. The van der Waals surface area contributed by atoms with Gasteiger partial charge in [0.05, 0.1) is 0 Å². The largest absolute Gasteiger partial charge is 0.443 e. The van der Waals surface area contributed by atoms with Gasteiger partial charge in [0.1, 0.15) is 11.2 Å². The average molecular weight is 383 g/mol. The van der Waals surface area contributed by atoms with Crippen LogP contribution in [0, 0.1) is 5.92 Å². The molecule has 1 unspecified atom stereocenters. The van der Waals surface area contributed by atoms with E-state index in [2.05, 4.69) is 0 Å². The van der Waals surface area contributed by atoms with Crippen LogP contribution in [0.2, 0.25) is 0 Å². The summed E-state index contributed by atoms with van der Waals surface area (Å²) >= 11 is 0. The molecule has 0 N–H and O–H groups in total. The van der Waals surface area contributed by atoms with Gasteiger partial charge in [-0.2, -0.15) is 0 Å². The highest BCUT2D eigenvalue weighted by atomic mass is 16.6. The minimum absolute atomic E-state index is 0.182. The molecule has 0 aromatic heterocycles. The van der Waals surface area contributed by atoms with E-state index in [-0.39, 0.29) is 12.2 Å². The molecule has 0 aliphatic carbocycles. The zero-order valence-electron chi connectivity index (χ0n) is 17.9. The molecular formula is C21H38N2O4. The Labute approximate surface area is 164 Å². The molecule has 2 rings (SSSR count). The number of ether oxygens (including phenoxy) is 2. The van der Waals surface area contributed by atoms with E-state index in [1.807, 2.05) is 44.4 Å². The Bertz CT molecular complexity index is 512. The van der Waals surface area contributed by atoms with Gasteiger partial charge in [-0.15, -0.1) is 0 Å². The van der Waals surface area contributed by atoms with Crippen LogP contribution >= 0.6 is 0 Å². The molecule has 156 valence electrons. The van der Waals surface area contributed by atoms with Gasteiger partial charge in [0.2, 0.25) is 0 Å². The summed E-state index contributed by atoms with van der Waals surface area (Å²) in [4.78, 5) is 28.3. The Morgan fingerprint density at radius 3 is 2.11 bits per heavy atom. The molecular weight excluding hydrogens is 344 g/mol. The monoisotopic (exact) mass is 382 g/mol. The Morgan fingerprint density at radius 1 is 0.889 bits per heavy atom. The SMILES string of the molecule is CCC(C)(C)OC(=O)N1CCC(CCC(C)(C)OC(=O)N2CCCCC2)C1. The zero-order chi connectivity index (χ0) is 20.1. The molecule has 0 aromatic rings. The first-order valence-electron chi connectivity index (χ1n) is 10.6. The van der Waals surface area contributed by atoms with Crippen LogP contribution in [0.25, 0.3) is 0 Å². The third-order valence-corrected chi connectivity index (χ3v) is 5.89. The van der Waals surface area contributed by atoms with Crippen molar-refractivity contribution in [3.8, 4) is 0 Å². The molecule has 1 atom stereocenters. The number of amides is 2. The molecule has 2 heterocycles. The van der Waals surface area contributed by atoms with Gasteiger partial charge < -0.3 is 19.3 Å². The van der Waals surface area contributed by atoms with Crippen LogP contribution in [-0.4, -0.2) is 59.4 Å². The summed E-state index contributed by atoms with van der Waals surface area (Å²) in [5, 5.41) is 0. The van der Waals surface area contributed by atoms with Crippen molar-refractivity contribution in [2.45, 2.75) is 90.8 Å². The number of hydrogen-bond acceptors (Lipinski definition) is 4. The molecule has 27 heavy (non-hydrogen) atoms. The lowest BCUT2D eigenvalue weighted by Gasteiger charge is -2.32. The maximum atomic E-state index is 12.3. The number of carbonyl (C=O) groups is 2. The first kappa shape index (κ1) is 21.8. The van der Waals surface area contributed by atoms with E-state index in [4.69, 9.17) is 9.47 Å². The molecule has 2 aliphatic rings. The van der Waals surface area contributed by atoms with Crippen LogP contribution in [0.4, 0.5) is 9.59 Å². The quantitative estimate of drug-likeness (QED) is 0.661. The molecule has 0 bridgehead atoms. The van der Waals surface area contributed by atoms with Crippen LogP contribution in [-0.2, 0) is 9.47 Å². The lowest BCUT2D eigenvalue weighted by Crippen LogP contribution is -2.41.